The van der Waals surface area contributed by atoms with E-state index >= 15 is 0 Å². The fraction of sp³-hybridized carbons (Fsp3) is 0.190. The van der Waals surface area contributed by atoms with Gasteiger partial charge in [-0.05, 0) is 53.4 Å². The molecule has 0 saturated carbocycles. The van der Waals surface area contributed by atoms with Crippen molar-refractivity contribution < 1.29 is 9.50 Å². The van der Waals surface area contributed by atoms with Gasteiger partial charge in [0.05, 0.1) is 11.9 Å². The van der Waals surface area contributed by atoms with E-state index in [1.165, 1.54) is 23.3 Å². The van der Waals surface area contributed by atoms with Crippen molar-refractivity contribution in [2.24, 2.45) is 0 Å². The normalized spacial score (nSPS) is 14.8. The zero-order chi connectivity index (χ0) is 18.1. The summed E-state index contributed by atoms with van der Waals surface area (Å²) in [7, 11) is 0. The highest BCUT2D eigenvalue weighted by molar-refractivity contribution is 6.30. The number of nitrogens with zero attached hydrogens (tertiary/aromatic N) is 2. The first-order valence-corrected chi connectivity index (χ1v) is 8.89. The predicted octanol–water partition coefficient (Wildman–Crippen LogP) is 4.52. The topological polar surface area (TPSA) is 36.4 Å². The molecule has 2 aromatic carbocycles. The monoisotopic (exact) mass is 368 g/mol. The Labute approximate surface area is 156 Å². The van der Waals surface area contributed by atoms with Crippen LogP contribution in [0.15, 0.2) is 60.9 Å². The second-order valence-corrected chi connectivity index (χ2v) is 6.91. The van der Waals surface area contributed by atoms with Crippen LogP contribution in [-0.2, 0) is 13.0 Å². The SMILES string of the molecule is OC(c1ccc(F)cc1)c1ccncc1N1CCc2cc(Cl)ccc2C1. The molecule has 0 bridgehead atoms. The van der Waals surface area contributed by atoms with Crippen LogP contribution in [0.1, 0.15) is 28.4 Å². The number of aromatic nitrogens is 1. The molecule has 3 nitrogen and oxygen atoms in total. The number of hydrogen-bond donors (Lipinski definition) is 1. The molecule has 1 N–H and O–H groups in total. The molecule has 0 radical (unpaired) electrons. The molecule has 0 saturated heterocycles. The van der Waals surface area contributed by atoms with Gasteiger partial charge in [-0.25, -0.2) is 4.39 Å². The van der Waals surface area contributed by atoms with Crippen molar-refractivity contribution in [1.82, 2.24) is 4.98 Å². The minimum absolute atomic E-state index is 0.317. The predicted molar refractivity (Wildman–Crippen MR) is 101 cm³/mol. The maximum Gasteiger partial charge on any atom is 0.123 e. The summed E-state index contributed by atoms with van der Waals surface area (Å²) in [5, 5.41) is 11.6. The van der Waals surface area contributed by atoms with E-state index < -0.39 is 6.10 Å². The molecule has 1 atom stereocenters. The van der Waals surface area contributed by atoms with Crippen molar-refractivity contribution >= 4 is 17.3 Å². The standard InChI is InChI=1S/C21H18ClFN2O/c22-17-4-1-16-13-25(10-8-15(16)11-17)20-12-24-9-7-19(20)21(26)14-2-5-18(23)6-3-14/h1-7,9,11-12,21,26H,8,10,13H2. The lowest BCUT2D eigenvalue weighted by Gasteiger charge is -2.32. The lowest BCUT2D eigenvalue weighted by Crippen LogP contribution is -2.31. The zero-order valence-corrected chi connectivity index (χ0v) is 14.8. The molecule has 1 unspecified atom stereocenters. The van der Waals surface area contributed by atoms with E-state index in [1.807, 2.05) is 18.2 Å². The lowest BCUT2D eigenvalue weighted by molar-refractivity contribution is 0.220. The van der Waals surface area contributed by atoms with E-state index in [2.05, 4.69) is 16.0 Å². The Morgan fingerprint density at radius 1 is 1.08 bits per heavy atom. The Hall–Kier alpha value is -2.43. The van der Waals surface area contributed by atoms with E-state index in [1.54, 1.807) is 24.5 Å². The Morgan fingerprint density at radius 2 is 1.88 bits per heavy atom. The number of aliphatic hydroxyl groups is 1. The third-order valence-corrected chi connectivity index (χ3v) is 5.07. The highest BCUT2D eigenvalue weighted by Gasteiger charge is 2.22. The number of fused-ring (bicyclic) bond motifs is 1. The maximum atomic E-state index is 13.2. The van der Waals surface area contributed by atoms with Crippen LogP contribution < -0.4 is 4.90 Å². The Morgan fingerprint density at radius 3 is 2.69 bits per heavy atom. The van der Waals surface area contributed by atoms with Crippen LogP contribution in [0, 0.1) is 5.82 Å². The van der Waals surface area contributed by atoms with Gasteiger partial charge in [0.1, 0.15) is 11.9 Å². The number of aliphatic hydroxyl groups excluding tert-OH is 1. The molecule has 2 heterocycles. The molecule has 132 valence electrons. The number of halogens is 2. The van der Waals surface area contributed by atoms with Gasteiger partial charge in [0.2, 0.25) is 0 Å². The van der Waals surface area contributed by atoms with Crippen LogP contribution in [0.2, 0.25) is 5.02 Å². The smallest absolute Gasteiger partial charge is 0.123 e. The van der Waals surface area contributed by atoms with Gasteiger partial charge in [-0.3, -0.25) is 4.98 Å². The van der Waals surface area contributed by atoms with Gasteiger partial charge in [-0.2, -0.15) is 0 Å². The molecule has 1 aliphatic heterocycles. The minimum Gasteiger partial charge on any atom is -0.384 e. The maximum absolute atomic E-state index is 13.2. The van der Waals surface area contributed by atoms with E-state index in [-0.39, 0.29) is 5.82 Å². The second kappa shape index (κ2) is 7.06. The second-order valence-electron chi connectivity index (χ2n) is 6.47. The zero-order valence-electron chi connectivity index (χ0n) is 14.1. The van der Waals surface area contributed by atoms with Crippen molar-refractivity contribution in [3.05, 3.63) is 94.0 Å². The molecular weight excluding hydrogens is 351 g/mol. The molecule has 4 rings (SSSR count). The number of pyridine rings is 1. The minimum atomic E-state index is -0.833. The van der Waals surface area contributed by atoms with Crippen LogP contribution in [0.25, 0.3) is 0 Å². The fourth-order valence-corrected chi connectivity index (χ4v) is 3.64. The van der Waals surface area contributed by atoms with Crippen molar-refractivity contribution in [2.45, 2.75) is 19.1 Å². The lowest BCUT2D eigenvalue weighted by atomic mass is 9.97. The number of anilines is 1. The van der Waals surface area contributed by atoms with Gasteiger partial charge in [-0.15, -0.1) is 0 Å². The summed E-state index contributed by atoms with van der Waals surface area (Å²) >= 11 is 6.09. The molecular formula is C21H18ClFN2O. The van der Waals surface area contributed by atoms with E-state index in [0.29, 0.717) is 5.56 Å². The summed E-state index contributed by atoms with van der Waals surface area (Å²) < 4.78 is 13.2. The van der Waals surface area contributed by atoms with Gasteiger partial charge >= 0.3 is 0 Å². The van der Waals surface area contributed by atoms with E-state index in [4.69, 9.17) is 11.6 Å². The average molecular weight is 369 g/mol. The molecule has 5 heteroatoms. The molecule has 0 amide bonds. The summed E-state index contributed by atoms with van der Waals surface area (Å²) in [5.41, 5.74) is 4.81. The molecule has 1 aromatic heterocycles. The van der Waals surface area contributed by atoms with Crippen LogP contribution in [-0.4, -0.2) is 16.6 Å². The van der Waals surface area contributed by atoms with Gasteiger partial charge in [0.15, 0.2) is 0 Å². The highest BCUT2D eigenvalue weighted by Crippen LogP contribution is 2.33. The Balaban J connectivity index is 1.66. The summed E-state index contributed by atoms with van der Waals surface area (Å²) in [6.07, 6.45) is 3.50. The molecule has 0 aliphatic carbocycles. The third kappa shape index (κ3) is 3.30. The van der Waals surface area contributed by atoms with Gasteiger partial charge in [-0.1, -0.05) is 29.8 Å². The first-order valence-electron chi connectivity index (χ1n) is 8.51. The molecule has 0 spiro atoms. The van der Waals surface area contributed by atoms with E-state index in [9.17, 15) is 9.50 Å². The molecule has 0 fully saturated rings. The van der Waals surface area contributed by atoms with Crippen molar-refractivity contribution in [3.63, 3.8) is 0 Å². The first kappa shape index (κ1) is 17.0. The molecule has 1 aliphatic rings. The molecule has 3 aromatic rings. The highest BCUT2D eigenvalue weighted by atomic mass is 35.5. The van der Waals surface area contributed by atoms with Gasteiger partial charge < -0.3 is 10.0 Å². The van der Waals surface area contributed by atoms with E-state index in [0.717, 1.165) is 35.8 Å². The third-order valence-electron chi connectivity index (χ3n) is 4.83. The Kier molecular flexibility index (Phi) is 4.62. The number of rotatable bonds is 3. The summed E-state index contributed by atoms with van der Waals surface area (Å²) in [6.45, 7) is 1.56. The van der Waals surface area contributed by atoms with Crippen LogP contribution in [0.5, 0.6) is 0 Å². The van der Waals surface area contributed by atoms with Crippen molar-refractivity contribution in [2.75, 3.05) is 11.4 Å². The summed E-state index contributed by atoms with van der Waals surface area (Å²) in [5.74, 6) is -0.317. The molecule has 26 heavy (non-hydrogen) atoms. The van der Waals surface area contributed by atoms with Crippen molar-refractivity contribution in [1.29, 1.82) is 0 Å². The van der Waals surface area contributed by atoms with Gasteiger partial charge in [0.25, 0.3) is 0 Å². The fourth-order valence-electron chi connectivity index (χ4n) is 3.44. The Bertz CT molecular complexity index is 930. The van der Waals surface area contributed by atoms with Crippen molar-refractivity contribution in [3.8, 4) is 0 Å². The largest absolute Gasteiger partial charge is 0.384 e. The van der Waals surface area contributed by atoms with Crippen LogP contribution in [0.4, 0.5) is 10.1 Å². The number of hydrogen-bond acceptors (Lipinski definition) is 3. The quantitative estimate of drug-likeness (QED) is 0.738. The van der Waals surface area contributed by atoms with Crippen LogP contribution in [0.3, 0.4) is 0 Å². The van der Waals surface area contributed by atoms with Gasteiger partial charge in [0, 0.05) is 29.9 Å². The number of benzene rings is 2. The first-order chi connectivity index (χ1) is 12.6. The summed E-state index contributed by atoms with van der Waals surface area (Å²) in [4.78, 5) is 6.46. The summed E-state index contributed by atoms with van der Waals surface area (Å²) in [6, 6.07) is 13.7. The van der Waals surface area contributed by atoms with Crippen LogP contribution >= 0.6 is 11.6 Å². The average Bonchev–Trinajstić information content (AvgIpc) is 2.67.